The lowest BCUT2D eigenvalue weighted by Crippen LogP contribution is -2.46. The Morgan fingerprint density at radius 1 is 1.47 bits per heavy atom. The van der Waals surface area contributed by atoms with E-state index in [0.717, 1.165) is 0 Å². The average Bonchev–Trinajstić information content (AvgIpc) is 2.36. The molecule has 1 aromatic rings. The van der Waals surface area contributed by atoms with Gasteiger partial charge < -0.3 is 14.9 Å². The molecule has 0 aromatic heterocycles. The van der Waals surface area contributed by atoms with Crippen LogP contribution in [0.25, 0.3) is 0 Å². The quantitative estimate of drug-likeness (QED) is 0.761. The first kappa shape index (κ1) is 13.7. The third-order valence-electron chi connectivity index (χ3n) is 2.85. The number of ether oxygens (including phenoxy) is 1. The lowest BCUT2D eigenvalue weighted by Gasteiger charge is -2.27. The fourth-order valence-corrected chi connectivity index (χ4v) is 1.65. The number of hydrogen-bond donors (Lipinski definition) is 2. The van der Waals surface area contributed by atoms with Gasteiger partial charge in [-0.1, -0.05) is 19.1 Å². The second kappa shape index (κ2) is 5.29. The molecule has 2 N–H and O–H groups in total. The van der Waals surface area contributed by atoms with Crippen LogP contribution in [0.2, 0.25) is 0 Å². The number of carbonyl (C=O) groups is 1. The second-order valence-corrected chi connectivity index (χ2v) is 4.10. The summed E-state index contributed by atoms with van der Waals surface area (Å²) >= 11 is 0. The maximum absolute atomic E-state index is 12.2. The van der Waals surface area contributed by atoms with Gasteiger partial charge in [0.05, 0.1) is 18.8 Å². The molecule has 0 radical (unpaired) electrons. The van der Waals surface area contributed by atoms with E-state index < -0.39 is 17.5 Å². The fraction of sp³-hybridized carbons (Fsp3) is 0.462. The summed E-state index contributed by atoms with van der Waals surface area (Å²) in [5.41, 5.74) is -1.53. The predicted octanol–water partition coefficient (Wildman–Crippen LogP) is 1.40. The molecule has 0 unspecified atom stereocenters. The van der Waals surface area contributed by atoms with Crippen LogP contribution >= 0.6 is 0 Å². The molecule has 2 atom stereocenters. The third-order valence-corrected chi connectivity index (χ3v) is 2.85. The number of benzene rings is 1. The van der Waals surface area contributed by atoms with Crippen LogP contribution in [0.4, 0.5) is 0 Å². The van der Waals surface area contributed by atoms with Gasteiger partial charge in [-0.05, 0) is 25.5 Å². The van der Waals surface area contributed by atoms with Gasteiger partial charge in [-0.15, -0.1) is 0 Å². The van der Waals surface area contributed by atoms with Gasteiger partial charge in [-0.25, -0.2) is 0 Å². The molecule has 0 amide bonds. The Hall–Kier alpha value is -1.39. The number of ketones is 1. The highest BCUT2D eigenvalue weighted by Gasteiger charge is 2.38. The van der Waals surface area contributed by atoms with E-state index in [2.05, 4.69) is 0 Å². The van der Waals surface area contributed by atoms with Crippen LogP contribution in [0.5, 0.6) is 5.75 Å². The highest BCUT2D eigenvalue weighted by Crippen LogP contribution is 2.25. The summed E-state index contributed by atoms with van der Waals surface area (Å²) in [6.45, 7) is 3.02. The van der Waals surface area contributed by atoms with Gasteiger partial charge in [0.25, 0.3) is 0 Å². The van der Waals surface area contributed by atoms with E-state index in [4.69, 9.17) is 4.74 Å². The molecular formula is C13H18O4. The van der Waals surface area contributed by atoms with E-state index in [0.29, 0.717) is 12.2 Å². The number of rotatable bonds is 5. The van der Waals surface area contributed by atoms with Gasteiger partial charge in [0.1, 0.15) is 5.75 Å². The van der Waals surface area contributed by atoms with Crippen LogP contribution in [0, 0.1) is 0 Å². The van der Waals surface area contributed by atoms with Gasteiger partial charge in [-0.2, -0.15) is 0 Å². The van der Waals surface area contributed by atoms with Crippen molar-refractivity contribution in [1.29, 1.82) is 0 Å². The van der Waals surface area contributed by atoms with Crippen LogP contribution in [0.3, 0.4) is 0 Å². The van der Waals surface area contributed by atoms with Crippen LogP contribution in [0.15, 0.2) is 24.3 Å². The van der Waals surface area contributed by atoms with Crippen molar-refractivity contribution in [1.82, 2.24) is 0 Å². The van der Waals surface area contributed by atoms with Crippen molar-refractivity contribution < 1.29 is 19.7 Å². The summed E-state index contributed by atoms with van der Waals surface area (Å²) in [7, 11) is 1.46. The minimum Gasteiger partial charge on any atom is -0.496 e. The first-order valence-electron chi connectivity index (χ1n) is 5.53. The number of Topliss-reactive ketones (excluding diaryl/α,β-unsaturated/α-hetero) is 1. The van der Waals surface area contributed by atoms with Gasteiger partial charge in [0, 0.05) is 0 Å². The number of methoxy groups -OCH3 is 1. The summed E-state index contributed by atoms with van der Waals surface area (Å²) in [5.74, 6) is -0.148. The molecule has 0 spiro atoms. The first-order valence-corrected chi connectivity index (χ1v) is 5.53. The molecule has 0 heterocycles. The van der Waals surface area contributed by atoms with Gasteiger partial charge in [-0.3, -0.25) is 4.79 Å². The second-order valence-electron chi connectivity index (χ2n) is 4.10. The minimum absolute atomic E-state index is 0.271. The summed E-state index contributed by atoms with van der Waals surface area (Å²) in [6, 6.07) is 6.63. The molecule has 0 bridgehead atoms. The smallest absolute Gasteiger partial charge is 0.200 e. The van der Waals surface area contributed by atoms with Crippen molar-refractivity contribution in [3.05, 3.63) is 29.8 Å². The van der Waals surface area contributed by atoms with Crippen molar-refractivity contribution in [3.8, 4) is 5.75 Å². The topological polar surface area (TPSA) is 66.8 Å². The normalized spacial score (nSPS) is 16.1. The minimum atomic E-state index is -1.80. The molecule has 4 nitrogen and oxygen atoms in total. The Kier molecular flexibility index (Phi) is 4.26. The zero-order valence-corrected chi connectivity index (χ0v) is 10.3. The zero-order valence-electron chi connectivity index (χ0n) is 10.3. The Labute approximate surface area is 101 Å². The summed E-state index contributed by atoms with van der Waals surface area (Å²) < 4.78 is 5.06. The molecule has 1 aromatic carbocycles. The van der Waals surface area contributed by atoms with Crippen molar-refractivity contribution in [3.63, 3.8) is 0 Å². The van der Waals surface area contributed by atoms with Gasteiger partial charge >= 0.3 is 0 Å². The first-order chi connectivity index (χ1) is 7.95. The van der Waals surface area contributed by atoms with Crippen LogP contribution in [-0.4, -0.2) is 34.8 Å². The lowest BCUT2D eigenvalue weighted by molar-refractivity contribution is -0.0406. The molecule has 94 valence electrons. The maximum Gasteiger partial charge on any atom is 0.200 e. The third kappa shape index (κ3) is 2.65. The van der Waals surface area contributed by atoms with E-state index in [1.54, 1.807) is 31.2 Å². The molecule has 1 rings (SSSR count). The van der Waals surface area contributed by atoms with Gasteiger partial charge in [0.2, 0.25) is 0 Å². The van der Waals surface area contributed by atoms with Crippen LogP contribution < -0.4 is 4.74 Å². The average molecular weight is 238 g/mol. The van der Waals surface area contributed by atoms with E-state index in [1.165, 1.54) is 14.0 Å². The summed E-state index contributed by atoms with van der Waals surface area (Å²) in [5, 5.41) is 19.7. The molecular weight excluding hydrogens is 220 g/mol. The Morgan fingerprint density at radius 2 is 2.06 bits per heavy atom. The van der Waals surface area contributed by atoms with E-state index >= 15 is 0 Å². The van der Waals surface area contributed by atoms with Crippen molar-refractivity contribution in [2.75, 3.05) is 7.11 Å². The predicted molar refractivity (Wildman–Crippen MR) is 64.2 cm³/mol. The van der Waals surface area contributed by atoms with E-state index in [1.807, 2.05) is 0 Å². The molecule has 0 aliphatic carbocycles. The molecule has 0 fully saturated rings. The zero-order chi connectivity index (χ0) is 13.1. The molecule has 0 saturated carbocycles. The maximum atomic E-state index is 12.2. The molecule has 0 aliphatic rings. The highest BCUT2D eigenvalue weighted by atomic mass is 16.5. The standard InChI is InChI=1S/C13H18O4/c1-4-11(14)13(2,16)12(15)9-7-5-6-8-10(9)17-3/h5-8,11,14,16H,4H2,1-3H3/t11-,13+/m0/s1. The van der Waals surface area contributed by atoms with E-state index in [9.17, 15) is 15.0 Å². The largest absolute Gasteiger partial charge is 0.496 e. The number of aliphatic hydroxyl groups is 2. The van der Waals surface area contributed by atoms with Crippen LogP contribution in [-0.2, 0) is 0 Å². The molecule has 4 heteroatoms. The number of aliphatic hydroxyl groups excluding tert-OH is 1. The lowest BCUT2D eigenvalue weighted by atomic mass is 9.88. The van der Waals surface area contributed by atoms with E-state index in [-0.39, 0.29) is 5.56 Å². The Morgan fingerprint density at radius 3 is 2.59 bits per heavy atom. The van der Waals surface area contributed by atoms with Crippen molar-refractivity contribution in [2.45, 2.75) is 32.0 Å². The Bertz CT molecular complexity index is 398. The van der Waals surface area contributed by atoms with Crippen LogP contribution in [0.1, 0.15) is 30.6 Å². The molecule has 0 aliphatic heterocycles. The number of para-hydroxylation sites is 1. The monoisotopic (exact) mass is 238 g/mol. The number of hydrogen-bond acceptors (Lipinski definition) is 4. The molecule has 0 saturated heterocycles. The van der Waals surface area contributed by atoms with Gasteiger partial charge in [0.15, 0.2) is 11.4 Å². The van der Waals surface area contributed by atoms with Crippen molar-refractivity contribution >= 4 is 5.78 Å². The molecule has 17 heavy (non-hydrogen) atoms. The highest BCUT2D eigenvalue weighted by molar-refractivity contribution is 6.04. The fourth-order valence-electron chi connectivity index (χ4n) is 1.65. The Balaban J connectivity index is 3.12. The summed E-state index contributed by atoms with van der Waals surface area (Å²) in [4.78, 5) is 12.2. The number of carbonyl (C=O) groups excluding carboxylic acids is 1. The van der Waals surface area contributed by atoms with Crippen molar-refractivity contribution in [2.24, 2.45) is 0 Å². The SMILES string of the molecule is CC[C@H](O)[C@@](C)(O)C(=O)c1ccccc1OC. The summed E-state index contributed by atoms with van der Waals surface area (Å²) in [6.07, 6.45) is -0.798.